The van der Waals surface area contributed by atoms with Crippen molar-refractivity contribution in [2.45, 2.75) is 38.4 Å². The van der Waals surface area contributed by atoms with E-state index in [4.69, 9.17) is 4.74 Å². The summed E-state index contributed by atoms with van der Waals surface area (Å²) < 4.78 is 6.54. The van der Waals surface area contributed by atoms with E-state index in [9.17, 15) is 5.11 Å². The van der Waals surface area contributed by atoms with Crippen molar-refractivity contribution in [1.82, 2.24) is 0 Å². The summed E-state index contributed by atoms with van der Waals surface area (Å²) in [5, 5.41) is 9.49. The minimum Gasteiger partial charge on any atom is -0.507 e. The van der Waals surface area contributed by atoms with Crippen molar-refractivity contribution in [2.75, 3.05) is 0 Å². The molecule has 2 nitrogen and oxygen atoms in total. The number of hydrogen-bond donors (Lipinski definition) is 1. The molecule has 1 aromatic carbocycles. The summed E-state index contributed by atoms with van der Waals surface area (Å²) in [7, 11) is 0. The Kier molecular flexibility index (Phi) is 3.65. The van der Waals surface area contributed by atoms with Crippen LogP contribution in [0.2, 0.25) is 0 Å². The van der Waals surface area contributed by atoms with Gasteiger partial charge in [-0.05, 0) is 40.4 Å². The number of halogens is 1. The lowest BCUT2D eigenvalue weighted by atomic mass is 10.2. The first-order valence-electron chi connectivity index (χ1n) is 5.35. The van der Waals surface area contributed by atoms with Gasteiger partial charge in [0.2, 0.25) is 0 Å². The second kappa shape index (κ2) is 4.99. The zero-order valence-electron chi connectivity index (χ0n) is 8.58. The zero-order chi connectivity index (χ0) is 10.7. The van der Waals surface area contributed by atoms with Gasteiger partial charge in [0.15, 0.2) is 0 Å². The molecule has 0 aromatic heterocycles. The fourth-order valence-corrected chi connectivity index (χ4v) is 2.32. The van der Waals surface area contributed by atoms with Crippen LogP contribution in [0.25, 0.3) is 0 Å². The van der Waals surface area contributed by atoms with Crippen molar-refractivity contribution in [3.05, 3.63) is 28.2 Å². The van der Waals surface area contributed by atoms with Gasteiger partial charge in [-0.15, -0.1) is 0 Å². The van der Waals surface area contributed by atoms with Crippen molar-refractivity contribution in [1.29, 1.82) is 0 Å². The molecule has 0 unspecified atom stereocenters. The van der Waals surface area contributed by atoms with Crippen molar-refractivity contribution in [2.24, 2.45) is 0 Å². The molecule has 1 aliphatic carbocycles. The van der Waals surface area contributed by atoms with Crippen molar-refractivity contribution < 1.29 is 9.84 Å². The van der Waals surface area contributed by atoms with Crippen LogP contribution in [0.1, 0.15) is 31.2 Å². The van der Waals surface area contributed by atoms with Gasteiger partial charge in [-0.25, -0.2) is 0 Å². The van der Waals surface area contributed by atoms with Crippen LogP contribution in [0.4, 0.5) is 0 Å². The van der Waals surface area contributed by atoms with E-state index in [0.29, 0.717) is 12.7 Å². The number of ether oxygens (including phenoxy) is 1. The highest BCUT2D eigenvalue weighted by atomic mass is 79.9. The lowest BCUT2D eigenvalue weighted by Crippen LogP contribution is -2.07. The quantitative estimate of drug-likeness (QED) is 0.909. The molecule has 0 amide bonds. The van der Waals surface area contributed by atoms with Crippen molar-refractivity contribution in [3.63, 3.8) is 0 Å². The maximum atomic E-state index is 9.49. The molecule has 0 radical (unpaired) electrons. The van der Waals surface area contributed by atoms with Gasteiger partial charge in [0.25, 0.3) is 0 Å². The molecule has 1 aromatic rings. The second-order valence-corrected chi connectivity index (χ2v) is 4.76. The molecule has 0 spiro atoms. The van der Waals surface area contributed by atoms with Crippen molar-refractivity contribution in [3.8, 4) is 5.75 Å². The van der Waals surface area contributed by atoms with Gasteiger partial charge in [0, 0.05) is 0 Å². The van der Waals surface area contributed by atoms with Crippen LogP contribution in [-0.2, 0) is 11.3 Å². The predicted molar refractivity (Wildman–Crippen MR) is 62.9 cm³/mol. The summed E-state index contributed by atoms with van der Waals surface area (Å²) in [6, 6.07) is 5.48. The van der Waals surface area contributed by atoms with E-state index in [-0.39, 0.29) is 5.75 Å². The van der Waals surface area contributed by atoms with E-state index in [1.807, 2.05) is 12.1 Å². The highest BCUT2D eigenvalue weighted by Gasteiger charge is 2.16. The number of phenolic OH excluding ortho intramolecular Hbond substituents is 1. The lowest BCUT2D eigenvalue weighted by molar-refractivity contribution is 0.0453. The molecule has 0 atom stereocenters. The maximum Gasteiger partial charge on any atom is 0.130 e. The summed E-state index contributed by atoms with van der Waals surface area (Å²) in [6.45, 7) is 0.583. The Morgan fingerprint density at radius 1 is 1.33 bits per heavy atom. The lowest BCUT2D eigenvalue weighted by Gasteiger charge is -2.12. The highest BCUT2D eigenvalue weighted by molar-refractivity contribution is 9.10. The monoisotopic (exact) mass is 270 g/mol. The summed E-state index contributed by atoms with van der Waals surface area (Å²) >= 11 is 3.36. The van der Waals surface area contributed by atoms with E-state index in [1.54, 1.807) is 6.07 Å². The van der Waals surface area contributed by atoms with Crippen LogP contribution >= 0.6 is 15.9 Å². The normalized spacial score (nSPS) is 17.1. The minimum atomic E-state index is 0.280. The third-order valence-electron chi connectivity index (χ3n) is 2.84. The number of phenols is 1. The largest absolute Gasteiger partial charge is 0.507 e. The molecule has 15 heavy (non-hydrogen) atoms. The fourth-order valence-electron chi connectivity index (χ4n) is 1.94. The maximum absolute atomic E-state index is 9.49. The molecule has 0 heterocycles. The molecule has 0 saturated heterocycles. The van der Waals surface area contributed by atoms with Crippen LogP contribution in [-0.4, -0.2) is 11.2 Å². The summed E-state index contributed by atoms with van der Waals surface area (Å²) in [6.07, 6.45) is 5.34. The summed E-state index contributed by atoms with van der Waals surface area (Å²) in [5.41, 5.74) is 1.02. The average Bonchev–Trinajstić information content (AvgIpc) is 2.73. The van der Waals surface area contributed by atoms with E-state index >= 15 is 0 Å². The average molecular weight is 271 g/mol. The smallest absolute Gasteiger partial charge is 0.130 e. The molecule has 1 aliphatic rings. The topological polar surface area (TPSA) is 29.5 Å². The van der Waals surface area contributed by atoms with Gasteiger partial charge in [-0.2, -0.15) is 0 Å². The van der Waals surface area contributed by atoms with Gasteiger partial charge in [-0.3, -0.25) is 0 Å². The SMILES string of the molecule is Oc1cccc(COC2CCCC2)c1Br. The summed E-state index contributed by atoms with van der Waals surface area (Å²) in [4.78, 5) is 0. The molecular weight excluding hydrogens is 256 g/mol. The number of hydrogen-bond acceptors (Lipinski definition) is 2. The van der Waals surface area contributed by atoms with Gasteiger partial charge >= 0.3 is 0 Å². The highest BCUT2D eigenvalue weighted by Crippen LogP contribution is 2.29. The number of aromatic hydroxyl groups is 1. The Morgan fingerprint density at radius 3 is 2.80 bits per heavy atom. The molecule has 1 N–H and O–H groups in total. The Balaban J connectivity index is 1.95. The Hall–Kier alpha value is -0.540. The minimum absolute atomic E-state index is 0.280. The van der Waals surface area contributed by atoms with E-state index < -0.39 is 0 Å². The second-order valence-electron chi connectivity index (χ2n) is 3.97. The van der Waals surface area contributed by atoms with Crippen LogP contribution in [0.15, 0.2) is 22.7 Å². The molecule has 82 valence electrons. The van der Waals surface area contributed by atoms with Crippen molar-refractivity contribution >= 4 is 15.9 Å². The zero-order valence-corrected chi connectivity index (χ0v) is 10.2. The first-order valence-corrected chi connectivity index (χ1v) is 6.14. The Bertz CT molecular complexity index is 332. The van der Waals surface area contributed by atoms with Gasteiger partial charge in [0.05, 0.1) is 17.2 Å². The fraction of sp³-hybridized carbons (Fsp3) is 0.500. The molecule has 2 rings (SSSR count). The Morgan fingerprint density at radius 2 is 2.07 bits per heavy atom. The molecular formula is C12H15BrO2. The Labute approximate surface area is 98.4 Å². The van der Waals surface area contributed by atoms with Gasteiger partial charge in [-0.1, -0.05) is 25.0 Å². The molecule has 0 bridgehead atoms. The van der Waals surface area contributed by atoms with Crippen LogP contribution in [0, 0.1) is 0 Å². The van der Waals surface area contributed by atoms with E-state index in [1.165, 1.54) is 25.7 Å². The molecule has 1 fully saturated rings. The third kappa shape index (κ3) is 2.73. The van der Waals surface area contributed by atoms with Crippen LogP contribution in [0.3, 0.4) is 0 Å². The van der Waals surface area contributed by atoms with Gasteiger partial charge in [0.1, 0.15) is 5.75 Å². The predicted octanol–water partition coefficient (Wildman–Crippen LogP) is 3.61. The molecule has 1 saturated carbocycles. The first-order chi connectivity index (χ1) is 7.27. The molecule has 0 aliphatic heterocycles. The van der Waals surface area contributed by atoms with E-state index in [2.05, 4.69) is 15.9 Å². The standard InChI is InChI=1S/C12H15BrO2/c13-12-9(4-3-7-11(12)14)8-15-10-5-1-2-6-10/h3-4,7,10,14H,1-2,5-6,8H2. The number of benzene rings is 1. The van der Waals surface area contributed by atoms with Gasteiger partial charge < -0.3 is 9.84 Å². The third-order valence-corrected chi connectivity index (χ3v) is 3.75. The number of rotatable bonds is 3. The molecule has 3 heteroatoms. The summed E-state index contributed by atoms with van der Waals surface area (Å²) in [5.74, 6) is 0.280. The first kappa shape index (κ1) is 11.0. The van der Waals surface area contributed by atoms with Crippen LogP contribution < -0.4 is 0 Å². The van der Waals surface area contributed by atoms with E-state index in [0.717, 1.165) is 10.0 Å². The van der Waals surface area contributed by atoms with Crippen LogP contribution in [0.5, 0.6) is 5.75 Å².